The summed E-state index contributed by atoms with van der Waals surface area (Å²) in [7, 11) is 0. The smallest absolute Gasteiger partial charge is 0.125 e. The highest BCUT2D eigenvalue weighted by Gasteiger charge is 2.44. The number of fused-ring (bicyclic) bond motifs is 1. The lowest BCUT2D eigenvalue weighted by Gasteiger charge is -2.48. The first-order valence-electron chi connectivity index (χ1n) is 6.09. The number of hydrogen-bond donors (Lipinski definition) is 2. The third-order valence-corrected chi connectivity index (χ3v) is 3.81. The lowest BCUT2D eigenvalue weighted by Crippen LogP contribution is -2.71. The van der Waals surface area contributed by atoms with Crippen molar-refractivity contribution in [3.63, 3.8) is 0 Å². The van der Waals surface area contributed by atoms with Crippen LogP contribution in [0.5, 0.6) is 0 Å². The van der Waals surface area contributed by atoms with Crippen LogP contribution in [0.4, 0.5) is 0 Å². The summed E-state index contributed by atoms with van der Waals surface area (Å²) in [4.78, 5) is 4.40. The average molecular weight is 209 g/mol. The van der Waals surface area contributed by atoms with Gasteiger partial charge in [-0.25, -0.2) is 0 Å². The molecule has 1 heterocycles. The van der Waals surface area contributed by atoms with E-state index in [1.165, 1.54) is 25.7 Å². The number of nitrogens with zero attached hydrogens (tertiary/aromatic N) is 1. The first kappa shape index (κ1) is 11.1. The normalized spacial score (nSPS) is 40.3. The van der Waals surface area contributed by atoms with Gasteiger partial charge >= 0.3 is 0 Å². The minimum absolute atomic E-state index is 0.0912. The van der Waals surface area contributed by atoms with Crippen molar-refractivity contribution in [3.8, 4) is 0 Å². The molecule has 1 saturated heterocycles. The van der Waals surface area contributed by atoms with E-state index in [2.05, 4.69) is 36.2 Å². The average Bonchev–Trinajstić information content (AvgIpc) is 2.39. The second-order valence-electron chi connectivity index (χ2n) is 5.62. The fourth-order valence-corrected chi connectivity index (χ4v) is 2.88. The van der Waals surface area contributed by atoms with Gasteiger partial charge in [-0.3, -0.25) is 10.3 Å². The van der Waals surface area contributed by atoms with Gasteiger partial charge in [0, 0.05) is 18.1 Å². The molecule has 2 unspecified atom stereocenters. The molecule has 3 nitrogen and oxygen atoms in total. The van der Waals surface area contributed by atoms with E-state index in [4.69, 9.17) is 0 Å². The molecular weight excluding hydrogens is 186 g/mol. The highest BCUT2D eigenvalue weighted by Crippen LogP contribution is 2.32. The molecule has 2 atom stereocenters. The van der Waals surface area contributed by atoms with Gasteiger partial charge in [0.25, 0.3) is 0 Å². The maximum Gasteiger partial charge on any atom is 0.125 e. The first-order valence-corrected chi connectivity index (χ1v) is 6.09. The number of nitrogens with one attached hydrogen (secondary N) is 2. The van der Waals surface area contributed by atoms with E-state index in [1.54, 1.807) is 0 Å². The molecule has 2 fully saturated rings. The van der Waals surface area contributed by atoms with E-state index in [9.17, 15) is 0 Å². The predicted molar refractivity (Wildman–Crippen MR) is 64.4 cm³/mol. The Morgan fingerprint density at radius 2 is 2.07 bits per heavy atom. The van der Waals surface area contributed by atoms with Crippen LogP contribution >= 0.6 is 0 Å². The molecule has 0 aromatic carbocycles. The van der Waals surface area contributed by atoms with Gasteiger partial charge in [-0.15, -0.1) is 0 Å². The molecule has 15 heavy (non-hydrogen) atoms. The topological polar surface area (TPSA) is 36.4 Å². The van der Waals surface area contributed by atoms with Crippen molar-refractivity contribution in [2.24, 2.45) is 4.99 Å². The zero-order valence-corrected chi connectivity index (χ0v) is 9.97. The van der Waals surface area contributed by atoms with Gasteiger partial charge in [0.1, 0.15) is 5.66 Å². The Bertz CT molecular complexity index is 249. The van der Waals surface area contributed by atoms with Gasteiger partial charge in [0.2, 0.25) is 0 Å². The minimum Gasteiger partial charge on any atom is -0.304 e. The van der Waals surface area contributed by atoms with E-state index >= 15 is 0 Å². The summed E-state index contributed by atoms with van der Waals surface area (Å²) in [5.41, 5.74) is 0.0925. The number of aliphatic imine (C=N–C) groups is 1. The standard InChI is InChI=1S/C12H23N3/c1-11(2)9-14-12(13-3)8-6-4-5-7-10(12)15-11/h10,14-15H,3-9H2,1-2H3. The fourth-order valence-electron chi connectivity index (χ4n) is 2.88. The molecule has 0 aromatic rings. The van der Waals surface area contributed by atoms with Crippen molar-refractivity contribution < 1.29 is 0 Å². The molecule has 0 radical (unpaired) electrons. The second-order valence-corrected chi connectivity index (χ2v) is 5.62. The Morgan fingerprint density at radius 3 is 2.80 bits per heavy atom. The molecule has 3 heteroatoms. The predicted octanol–water partition coefficient (Wildman–Crippen LogP) is 1.69. The van der Waals surface area contributed by atoms with E-state index < -0.39 is 0 Å². The van der Waals surface area contributed by atoms with E-state index in [-0.39, 0.29) is 11.2 Å². The Hall–Kier alpha value is -0.410. The van der Waals surface area contributed by atoms with Crippen molar-refractivity contribution in [3.05, 3.63) is 0 Å². The SMILES string of the molecule is C=NC12CCCCCC1NC(C)(C)CN2. The molecule has 2 aliphatic rings. The quantitative estimate of drug-likeness (QED) is 0.645. The number of hydrogen-bond acceptors (Lipinski definition) is 3. The van der Waals surface area contributed by atoms with Crippen LogP contribution in [0.1, 0.15) is 46.0 Å². The number of rotatable bonds is 1. The lowest BCUT2D eigenvalue weighted by atomic mass is 9.87. The highest BCUT2D eigenvalue weighted by atomic mass is 15.3. The van der Waals surface area contributed by atoms with Crippen molar-refractivity contribution >= 4 is 6.72 Å². The van der Waals surface area contributed by atoms with E-state index in [0.717, 1.165) is 13.0 Å². The summed E-state index contributed by atoms with van der Waals surface area (Å²) in [6, 6.07) is 0.459. The molecule has 86 valence electrons. The van der Waals surface area contributed by atoms with Crippen LogP contribution in [0.3, 0.4) is 0 Å². The van der Waals surface area contributed by atoms with Crippen LogP contribution in [0.2, 0.25) is 0 Å². The second kappa shape index (κ2) is 3.87. The summed E-state index contributed by atoms with van der Waals surface area (Å²) in [6.45, 7) is 9.27. The molecule has 1 aliphatic heterocycles. The zero-order chi connectivity index (χ0) is 10.9. The van der Waals surface area contributed by atoms with Crippen LogP contribution in [-0.4, -0.2) is 30.5 Å². The summed E-state index contributed by atoms with van der Waals surface area (Å²) < 4.78 is 0. The maximum atomic E-state index is 4.40. The molecule has 1 aliphatic carbocycles. The van der Waals surface area contributed by atoms with Gasteiger partial charge in [-0.05, 0) is 39.8 Å². The van der Waals surface area contributed by atoms with Gasteiger partial charge < -0.3 is 5.32 Å². The molecule has 2 rings (SSSR count). The zero-order valence-electron chi connectivity index (χ0n) is 9.97. The van der Waals surface area contributed by atoms with Gasteiger partial charge in [0.15, 0.2) is 0 Å². The summed E-state index contributed by atoms with van der Waals surface area (Å²) in [5.74, 6) is 0. The van der Waals surface area contributed by atoms with Crippen LogP contribution < -0.4 is 10.6 Å². The third kappa shape index (κ3) is 2.08. The van der Waals surface area contributed by atoms with E-state index in [0.29, 0.717) is 6.04 Å². The van der Waals surface area contributed by atoms with Crippen LogP contribution in [-0.2, 0) is 0 Å². The molecule has 0 spiro atoms. The largest absolute Gasteiger partial charge is 0.304 e. The molecular formula is C12H23N3. The third-order valence-electron chi connectivity index (χ3n) is 3.81. The van der Waals surface area contributed by atoms with E-state index in [1.807, 2.05) is 0 Å². The Morgan fingerprint density at radius 1 is 1.27 bits per heavy atom. The van der Waals surface area contributed by atoms with Gasteiger partial charge in [-0.2, -0.15) is 0 Å². The molecule has 2 N–H and O–H groups in total. The van der Waals surface area contributed by atoms with Crippen LogP contribution in [0, 0.1) is 0 Å². The minimum atomic E-state index is -0.0912. The first-order chi connectivity index (χ1) is 7.08. The maximum absolute atomic E-state index is 4.40. The molecule has 1 saturated carbocycles. The van der Waals surface area contributed by atoms with Crippen molar-refractivity contribution in [2.75, 3.05) is 6.54 Å². The van der Waals surface area contributed by atoms with Crippen molar-refractivity contribution in [1.29, 1.82) is 0 Å². The Labute approximate surface area is 92.7 Å². The Kier molecular flexibility index (Phi) is 2.86. The molecule has 0 amide bonds. The lowest BCUT2D eigenvalue weighted by molar-refractivity contribution is 0.124. The molecule has 0 bridgehead atoms. The van der Waals surface area contributed by atoms with Crippen LogP contribution in [0.15, 0.2) is 4.99 Å². The van der Waals surface area contributed by atoms with Crippen LogP contribution in [0.25, 0.3) is 0 Å². The monoisotopic (exact) mass is 209 g/mol. The van der Waals surface area contributed by atoms with Crippen molar-refractivity contribution in [2.45, 2.75) is 63.2 Å². The highest BCUT2D eigenvalue weighted by molar-refractivity contribution is 5.27. The summed E-state index contributed by atoms with van der Waals surface area (Å²) >= 11 is 0. The molecule has 0 aromatic heterocycles. The van der Waals surface area contributed by atoms with Gasteiger partial charge in [-0.1, -0.05) is 12.8 Å². The number of piperazine rings is 1. The fraction of sp³-hybridized carbons (Fsp3) is 0.917. The summed E-state index contributed by atoms with van der Waals surface area (Å²) in [5, 5.41) is 7.35. The van der Waals surface area contributed by atoms with Crippen molar-refractivity contribution in [1.82, 2.24) is 10.6 Å². The summed E-state index contributed by atoms with van der Waals surface area (Å²) in [6.07, 6.45) is 6.26. The van der Waals surface area contributed by atoms with Gasteiger partial charge in [0.05, 0.1) is 0 Å². The Balaban J connectivity index is 2.19.